The lowest BCUT2D eigenvalue weighted by Gasteiger charge is -2.20. The number of carboxylic acid groups (broad SMARTS) is 1. The number of aromatic nitrogens is 3. The Morgan fingerprint density at radius 3 is 2.70 bits per heavy atom. The monoisotopic (exact) mass is 318 g/mol. The smallest absolute Gasteiger partial charge is 0.326 e. The van der Waals surface area contributed by atoms with Crippen LogP contribution in [0.1, 0.15) is 45.9 Å². The Morgan fingerprint density at radius 1 is 1.39 bits per heavy atom. The molecule has 0 aliphatic heterocycles. The van der Waals surface area contributed by atoms with E-state index in [1.54, 1.807) is 18.3 Å². The van der Waals surface area contributed by atoms with Gasteiger partial charge in [-0.25, -0.2) is 9.78 Å². The van der Waals surface area contributed by atoms with Gasteiger partial charge in [0, 0.05) is 17.7 Å². The van der Waals surface area contributed by atoms with Crippen molar-refractivity contribution in [2.24, 2.45) is 5.92 Å². The number of hydrogen-bond acceptors (Lipinski definition) is 6. The fourth-order valence-electron chi connectivity index (χ4n) is 2.07. The summed E-state index contributed by atoms with van der Waals surface area (Å²) in [7, 11) is 0. The van der Waals surface area contributed by atoms with Crippen LogP contribution in [0, 0.1) is 5.92 Å². The lowest BCUT2D eigenvalue weighted by molar-refractivity contribution is -0.139. The molecule has 0 spiro atoms. The van der Waals surface area contributed by atoms with Crippen LogP contribution in [-0.4, -0.2) is 32.2 Å². The van der Waals surface area contributed by atoms with Crippen LogP contribution in [0.15, 0.2) is 22.9 Å². The first-order valence-electron chi connectivity index (χ1n) is 7.71. The van der Waals surface area contributed by atoms with E-state index in [0.717, 1.165) is 6.42 Å². The van der Waals surface area contributed by atoms with Crippen molar-refractivity contribution in [1.29, 1.82) is 0 Å². The number of aliphatic carboxylic acids is 1. The molecule has 0 aliphatic rings. The summed E-state index contributed by atoms with van der Waals surface area (Å²) in [4.78, 5) is 19.9. The molecular formula is C16H22N4O3. The Bertz CT molecular complexity index is 669. The molecule has 0 fully saturated rings. The van der Waals surface area contributed by atoms with Crippen LogP contribution in [0.25, 0.3) is 11.5 Å². The Kier molecular flexibility index (Phi) is 5.31. The van der Waals surface area contributed by atoms with Gasteiger partial charge in [-0.15, -0.1) is 0 Å². The van der Waals surface area contributed by atoms with Gasteiger partial charge in [0.25, 0.3) is 5.89 Å². The molecule has 0 radical (unpaired) electrons. The van der Waals surface area contributed by atoms with E-state index in [2.05, 4.69) is 20.4 Å². The molecule has 0 saturated heterocycles. The summed E-state index contributed by atoms with van der Waals surface area (Å²) in [6, 6.07) is 2.77. The van der Waals surface area contributed by atoms with E-state index in [4.69, 9.17) is 4.52 Å². The maximum Gasteiger partial charge on any atom is 0.326 e. The van der Waals surface area contributed by atoms with Gasteiger partial charge in [0.15, 0.2) is 5.82 Å². The predicted octanol–water partition coefficient (Wildman–Crippen LogP) is 3.17. The number of carbonyl (C=O) groups is 1. The number of carboxylic acids is 1. The van der Waals surface area contributed by atoms with Crippen LogP contribution in [0.3, 0.4) is 0 Å². The summed E-state index contributed by atoms with van der Waals surface area (Å²) < 4.78 is 5.26. The first-order valence-corrected chi connectivity index (χ1v) is 7.71. The second-order valence-electron chi connectivity index (χ2n) is 5.89. The quantitative estimate of drug-likeness (QED) is 0.808. The number of rotatable bonds is 7. The minimum Gasteiger partial charge on any atom is -0.480 e. The Balaban J connectivity index is 2.23. The molecule has 0 bridgehead atoms. The van der Waals surface area contributed by atoms with Gasteiger partial charge in [-0.1, -0.05) is 39.3 Å². The lowest BCUT2D eigenvalue weighted by atomic mass is 9.99. The van der Waals surface area contributed by atoms with Gasteiger partial charge in [0.05, 0.1) is 0 Å². The van der Waals surface area contributed by atoms with E-state index < -0.39 is 12.0 Å². The maximum absolute atomic E-state index is 11.4. The van der Waals surface area contributed by atoms with Gasteiger partial charge in [0.2, 0.25) is 0 Å². The molecule has 0 saturated carbocycles. The van der Waals surface area contributed by atoms with Crippen molar-refractivity contribution in [3.63, 3.8) is 0 Å². The fraction of sp³-hybridized carbons (Fsp3) is 0.500. The molecule has 2 N–H and O–H groups in total. The number of pyridine rings is 1. The molecule has 23 heavy (non-hydrogen) atoms. The molecule has 2 aromatic heterocycles. The largest absolute Gasteiger partial charge is 0.480 e. The summed E-state index contributed by atoms with van der Waals surface area (Å²) in [5.41, 5.74) is 0.704. The minimum atomic E-state index is -0.897. The van der Waals surface area contributed by atoms with Gasteiger partial charge < -0.3 is 14.9 Å². The molecule has 0 aromatic carbocycles. The molecule has 2 aromatic rings. The van der Waals surface area contributed by atoms with E-state index in [1.165, 1.54) is 0 Å². The van der Waals surface area contributed by atoms with Crippen molar-refractivity contribution in [3.8, 4) is 11.5 Å². The summed E-state index contributed by atoms with van der Waals surface area (Å²) in [6.45, 7) is 7.82. The van der Waals surface area contributed by atoms with Crippen molar-refractivity contribution in [2.45, 2.75) is 46.1 Å². The number of nitrogens with zero attached hydrogens (tertiary/aromatic N) is 3. The van der Waals surface area contributed by atoms with Crippen LogP contribution < -0.4 is 5.32 Å². The lowest BCUT2D eigenvalue weighted by Crippen LogP contribution is -2.35. The number of anilines is 1. The summed E-state index contributed by atoms with van der Waals surface area (Å²) >= 11 is 0. The molecule has 7 nitrogen and oxygen atoms in total. The highest BCUT2D eigenvalue weighted by atomic mass is 16.5. The highest BCUT2D eigenvalue weighted by Gasteiger charge is 2.24. The van der Waals surface area contributed by atoms with Gasteiger partial charge in [-0.05, 0) is 18.1 Å². The van der Waals surface area contributed by atoms with Gasteiger partial charge >= 0.3 is 5.97 Å². The average molecular weight is 318 g/mol. The SMILES string of the molecule is CC[C@H](C)[C@H](Nc1cc(-c2nc(C(C)C)no2)ccn1)C(=O)O. The molecule has 0 aliphatic carbocycles. The molecule has 2 atom stereocenters. The third-order valence-electron chi connectivity index (χ3n) is 3.75. The Hall–Kier alpha value is -2.44. The highest BCUT2D eigenvalue weighted by Crippen LogP contribution is 2.22. The standard InChI is InChI=1S/C16H22N4O3/c1-5-10(4)13(16(21)22)18-12-8-11(6-7-17-12)15-19-14(9(2)3)20-23-15/h6-10,13H,5H2,1-4H3,(H,17,18)(H,21,22)/t10-,13-/m0/s1. The number of nitrogens with one attached hydrogen (secondary N) is 1. The normalized spacial score (nSPS) is 13.8. The summed E-state index contributed by atoms with van der Waals surface area (Å²) in [6.07, 6.45) is 2.34. The maximum atomic E-state index is 11.4. The van der Waals surface area contributed by atoms with Crippen LogP contribution >= 0.6 is 0 Å². The van der Waals surface area contributed by atoms with Crippen molar-refractivity contribution in [2.75, 3.05) is 5.32 Å². The summed E-state index contributed by atoms with van der Waals surface area (Å²) in [5.74, 6) is 0.762. The third kappa shape index (κ3) is 4.06. The van der Waals surface area contributed by atoms with Crippen LogP contribution in [-0.2, 0) is 4.79 Å². The Labute approximate surface area is 135 Å². The van der Waals surface area contributed by atoms with Gasteiger partial charge in [0.1, 0.15) is 11.9 Å². The highest BCUT2D eigenvalue weighted by molar-refractivity contribution is 5.77. The van der Waals surface area contributed by atoms with E-state index in [1.807, 2.05) is 27.7 Å². The third-order valence-corrected chi connectivity index (χ3v) is 3.75. The first-order chi connectivity index (χ1) is 10.9. The van der Waals surface area contributed by atoms with Crippen molar-refractivity contribution in [1.82, 2.24) is 15.1 Å². The van der Waals surface area contributed by atoms with Gasteiger partial charge in [-0.2, -0.15) is 4.98 Å². The zero-order valence-corrected chi connectivity index (χ0v) is 13.8. The Morgan fingerprint density at radius 2 is 2.13 bits per heavy atom. The first kappa shape index (κ1) is 16.9. The summed E-state index contributed by atoms with van der Waals surface area (Å²) in [5, 5.41) is 16.3. The molecule has 2 heterocycles. The van der Waals surface area contributed by atoms with Crippen LogP contribution in [0.2, 0.25) is 0 Å². The fourth-order valence-corrected chi connectivity index (χ4v) is 2.07. The molecular weight excluding hydrogens is 296 g/mol. The van der Waals surface area contributed by atoms with E-state index in [9.17, 15) is 9.90 Å². The van der Waals surface area contributed by atoms with Gasteiger partial charge in [-0.3, -0.25) is 0 Å². The molecule has 124 valence electrons. The minimum absolute atomic E-state index is 0.0195. The topological polar surface area (TPSA) is 101 Å². The second kappa shape index (κ2) is 7.21. The molecule has 0 unspecified atom stereocenters. The second-order valence-corrected chi connectivity index (χ2v) is 5.89. The van der Waals surface area contributed by atoms with E-state index in [-0.39, 0.29) is 11.8 Å². The zero-order valence-electron chi connectivity index (χ0n) is 13.8. The van der Waals surface area contributed by atoms with Crippen LogP contribution in [0.4, 0.5) is 5.82 Å². The van der Waals surface area contributed by atoms with E-state index >= 15 is 0 Å². The average Bonchev–Trinajstić information content (AvgIpc) is 3.02. The zero-order chi connectivity index (χ0) is 17.0. The predicted molar refractivity (Wildman–Crippen MR) is 86.1 cm³/mol. The molecule has 7 heteroatoms. The van der Waals surface area contributed by atoms with Crippen LogP contribution in [0.5, 0.6) is 0 Å². The van der Waals surface area contributed by atoms with E-state index in [0.29, 0.717) is 23.1 Å². The molecule has 2 rings (SSSR count). The molecule has 0 amide bonds. The van der Waals surface area contributed by atoms with Crippen molar-refractivity contribution < 1.29 is 14.4 Å². The van der Waals surface area contributed by atoms with Crippen molar-refractivity contribution >= 4 is 11.8 Å². The van der Waals surface area contributed by atoms with Crippen molar-refractivity contribution in [3.05, 3.63) is 24.2 Å². The number of hydrogen-bond donors (Lipinski definition) is 2.